The van der Waals surface area contributed by atoms with Gasteiger partial charge < -0.3 is 10.1 Å². The summed E-state index contributed by atoms with van der Waals surface area (Å²) in [5.41, 5.74) is 3.02. The molecule has 0 unspecified atom stereocenters. The first-order valence-electron chi connectivity index (χ1n) is 7.37. The van der Waals surface area contributed by atoms with Crippen LogP contribution in [0.4, 0.5) is 0 Å². The van der Waals surface area contributed by atoms with Gasteiger partial charge in [0.25, 0.3) is 0 Å². The number of benzene rings is 2. The van der Waals surface area contributed by atoms with Gasteiger partial charge in [0.05, 0.1) is 17.4 Å². The average molecular weight is 331 g/mol. The van der Waals surface area contributed by atoms with Gasteiger partial charge in [-0.25, -0.2) is 0 Å². The molecule has 0 aromatic heterocycles. The van der Waals surface area contributed by atoms with Crippen LogP contribution in [0.2, 0.25) is 0 Å². The van der Waals surface area contributed by atoms with Crippen LogP contribution >= 0.6 is 0 Å². The molecule has 0 spiro atoms. The molecule has 23 heavy (non-hydrogen) atoms. The number of carbonyl (C=O) groups is 1. The van der Waals surface area contributed by atoms with E-state index in [9.17, 15) is 9.00 Å². The number of ether oxygens (including phenoxy) is 1. The summed E-state index contributed by atoms with van der Waals surface area (Å²) in [5, 5.41) is 2.81. The summed E-state index contributed by atoms with van der Waals surface area (Å²) < 4.78 is 17.3. The molecule has 1 N–H and O–H groups in total. The van der Waals surface area contributed by atoms with Crippen molar-refractivity contribution in [1.29, 1.82) is 0 Å². The van der Waals surface area contributed by atoms with Gasteiger partial charge in [0.1, 0.15) is 5.75 Å². The van der Waals surface area contributed by atoms with Gasteiger partial charge in [0, 0.05) is 18.6 Å². The third-order valence-corrected chi connectivity index (χ3v) is 4.90. The van der Waals surface area contributed by atoms with Crippen LogP contribution < -0.4 is 5.32 Å². The second kappa shape index (κ2) is 8.60. The number of methoxy groups -OCH3 is 1. The number of hydrogen-bond acceptors (Lipinski definition) is 3. The van der Waals surface area contributed by atoms with E-state index in [0.717, 1.165) is 16.7 Å². The highest BCUT2D eigenvalue weighted by molar-refractivity contribution is 7.85. The maximum absolute atomic E-state index is 12.2. The molecule has 0 aliphatic rings. The molecular weight excluding hydrogens is 310 g/mol. The molecule has 0 heterocycles. The van der Waals surface area contributed by atoms with Crippen molar-refractivity contribution in [2.45, 2.75) is 25.0 Å². The van der Waals surface area contributed by atoms with Gasteiger partial charge in [-0.05, 0) is 29.7 Å². The topological polar surface area (TPSA) is 55.4 Å². The lowest BCUT2D eigenvalue weighted by Crippen LogP contribution is -2.28. The van der Waals surface area contributed by atoms with Crippen LogP contribution in [-0.4, -0.2) is 23.0 Å². The van der Waals surface area contributed by atoms with Gasteiger partial charge in [-0.3, -0.25) is 9.00 Å². The number of nitrogens with one attached hydrogen (secondary N) is 1. The Bertz CT molecular complexity index is 683. The lowest BCUT2D eigenvalue weighted by atomic mass is 10.1. The fourth-order valence-corrected chi connectivity index (χ4v) is 3.33. The predicted octanol–water partition coefficient (Wildman–Crippen LogP) is 2.57. The van der Waals surface area contributed by atoms with Crippen molar-refractivity contribution in [3.63, 3.8) is 0 Å². The van der Waals surface area contributed by atoms with Crippen molar-refractivity contribution in [3.05, 3.63) is 65.2 Å². The monoisotopic (exact) mass is 331 g/mol. The molecular formula is C18H21NO3S. The van der Waals surface area contributed by atoms with E-state index in [1.54, 1.807) is 13.2 Å². The van der Waals surface area contributed by atoms with E-state index in [4.69, 9.17) is 4.74 Å². The molecule has 2 aromatic rings. The van der Waals surface area contributed by atoms with Crippen LogP contribution in [0.25, 0.3) is 0 Å². The van der Waals surface area contributed by atoms with Crippen LogP contribution in [-0.2, 0) is 33.5 Å². The molecule has 0 saturated carbocycles. The van der Waals surface area contributed by atoms with Crippen molar-refractivity contribution in [1.82, 2.24) is 5.32 Å². The Morgan fingerprint density at radius 3 is 2.39 bits per heavy atom. The molecule has 0 radical (unpaired) electrons. The van der Waals surface area contributed by atoms with E-state index in [-0.39, 0.29) is 11.7 Å². The third kappa shape index (κ3) is 5.30. The Hall–Kier alpha value is -1.98. The summed E-state index contributed by atoms with van der Waals surface area (Å²) in [6.45, 7) is 2.89. The van der Waals surface area contributed by atoms with E-state index in [1.165, 1.54) is 0 Å². The van der Waals surface area contributed by atoms with Crippen molar-refractivity contribution >= 4 is 16.7 Å². The number of amides is 1. The zero-order valence-electron chi connectivity index (χ0n) is 13.4. The fraction of sp³-hybridized carbons (Fsp3) is 0.278. The molecule has 0 aliphatic carbocycles. The van der Waals surface area contributed by atoms with E-state index in [0.29, 0.717) is 18.0 Å². The van der Waals surface area contributed by atoms with Crippen LogP contribution in [0.1, 0.15) is 16.7 Å². The van der Waals surface area contributed by atoms with Gasteiger partial charge in [0.2, 0.25) is 5.91 Å². The molecule has 2 aromatic carbocycles. The Kier molecular flexibility index (Phi) is 6.50. The third-order valence-electron chi connectivity index (χ3n) is 3.42. The number of carbonyl (C=O) groups excluding carboxylic acids is 1. The number of hydrogen-bond donors (Lipinski definition) is 1. The lowest BCUT2D eigenvalue weighted by Gasteiger charge is -2.08. The van der Waals surface area contributed by atoms with Crippen molar-refractivity contribution < 1.29 is 13.7 Å². The highest BCUT2D eigenvalue weighted by Gasteiger charge is 2.11. The van der Waals surface area contributed by atoms with Crippen LogP contribution in [0.3, 0.4) is 0 Å². The SMILES string of the molecule is COCc1ccc(CNC(=O)C[S@@](=O)c2ccccc2C)cc1. The molecule has 0 bridgehead atoms. The molecule has 2 rings (SSSR count). The Labute approximate surface area is 139 Å². The Morgan fingerprint density at radius 2 is 1.74 bits per heavy atom. The normalized spacial score (nSPS) is 11.9. The predicted molar refractivity (Wildman–Crippen MR) is 91.5 cm³/mol. The quantitative estimate of drug-likeness (QED) is 0.848. The Balaban J connectivity index is 1.85. The van der Waals surface area contributed by atoms with E-state index >= 15 is 0 Å². The molecule has 1 atom stereocenters. The van der Waals surface area contributed by atoms with Gasteiger partial charge in [-0.2, -0.15) is 0 Å². The highest BCUT2D eigenvalue weighted by Crippen LogP contribution is 2.12. The second-order valence-corrected chi connectivity index (χ2v) is 6.70. The summed E-state index contributed by atoms with van der Waals surface area (Å²) in [6, 6.07) is 15.3. The first-order chi connectivity index (χ1) is 11.1. The average Bonchev–Trinajstić information content (AvgIpc) is 2.55. The fourth-order valence-electron chi connectivity index (χ4n) is 2.18. The molecule has 0 saturated heterocycles. The zero-order valence-corrected chi connectivity index (χ0v) is 14.2. The lowest BCUT2D eigenvalue weighted by molar-refractivity contribution is -0.118. The minimum absolute atomic E-state index is 0.0212. The molecule has 1 amide bonds. The van der Waals surface area contributed by atoms with Crippen LogP contribution in [0.15, 0.2) is 53.4 Å². The van der Waals surface area contributed by atoms with E-state index < -0.39 is 10.8 Å². The van der Waals surface area contributed by atoms with Crippen molar-refractivity contribution in [3.8, 4) is 0 Å². The van der Waals surface area contributed by atoms with Gasteiger partial charge in [-0.15, -0.1) is 0 Å². The summed E-state index contributed by atoms with van der Waals surface area (Å²) in [4.78, 5) is 12.7. The second-order valence-electron chi connectivity index (χ2n) is 5.28. The summed E-state index contributed by atoms with van der Waals surface area (Å²) in [6.07, 6.45) is 0. The van der Waals surface area contributed by atoms with Crippen LogP contribution in [0.5, 0.6) is 0 Å². The molecule has 5 heteroatoms. The van der Waals surface area contributed by atoms with E-state index in [1.807, 2.05) is 49.4 Å². The molecule has 0 aliphatic heterocycles. The zero-order chi connectivity index (χ0) is 16.7. The van der Waals surface area contributed by atoms with Crippen molar-refractivity contribution in [2.24, 2.45) is 0 Å². The van der Waals surface area contributed by atoms with Gasteiger partial charge in [0.15, 0.2) is 0 Å². The number of aryl methyl sites for hydroxylation is 1. The minimum atomic E-state index is -1.32. The van der Waals surface area contributed by atoms with Gasteiger partial charge >= 0.3 is 0 Å². The van der Waals surface area contributed by atoms with E-state index in [2.05, 4.69) is 5.32 Å². The molecule has 0 fully saturated rings. The van der Waals surface area contributed by atoms with Gasteiger partial charge in [-0.1, -0.05) is 42.5 Å². The minimum Gasteiger partial charge on any atom is -0.380 e. The maximum atomic E-state index is 12.2. The Morgan fingerprint density at radius 1 is 1.09 bits per heavy atom. The smallest absolute Gasteiger partial charge is 0.233 e. The summed E-state index contributed by atoms with van der Waals surface area (Å²) >= 11 is 0. The summed E-state index contributed by atoms with van der Waals surface area (Å²) in [5.74, 6) is -0.236. The highest BCUT2D eigenvalue weighted by atomic mass is 32.2. The first-order valence-corrected chi connectivity index (χ1v) is 8.69. The summed E-state index contributed by atoms with van der Waals surface area (Å²) in [7, 11) is 0.338. The maximum Gasteiger partial charge on any atom is 0.233 e. The standard InChI is InChI=1S/C18H21NO3S/c1-14-5-3-4-6-17(14)23(21)13-18(20)19-11-15-7-9-16(10-8-15)12-22-2/h3-10H,11-13H2,1-2H3,(H,19,20)/t23-/m1/s1. The molecule has 4 nitrogen and oxygen atoms in total. The largest absolute Gasteiger partial charge is 0.380 e. The first kappa shape index (κ1) is 17.4. The van der Waals surface area contributed by atoms with Crippen molar-refractivity contribution in [2.75, 3.05) is 12.9 Å². The molecule has 122 valence electrons. The number of rotatable bonds is 7. The van der Waals surface area contributed by atoms with Crippen LogP contribution in [0, 0.1) is 6.92 Å².